The molecular formula is C24H29N5O2. The van der Waals surface area contributed by atoms with E-state index in [9.17, 15) is 9.59 Å². The van der Waals surface area contributed by atoms with Gasteiger partial charge in [-0.2, -0.15) is 9.61 Å². The molecule has 4 heterocycles. The smallest absolute Gasteiger partial charge is 0.279 e. The number of amides is 1. The van der Waals surface area contributed by atoms with Crippen LogP contribution in [0.4, 0.5) is 0 Å². The molecule has 2 aliphatic heterocycles. The number of hydrogen-bond donors (Lipinski definition) is 1. The van der Waals surface area contributed by atoms with Crippen LogP contribution in [-0.4, -0.2) is 44.6 Å². The molecule has 0 bridgehead atoms. The SMILES string of the molecule is CCn1c2c(c(=O)n3ncc(C(=O)N4CCC(Cc5ccccc5)CC4)c13)CNCC2. The first-order valence-electron chi connectivity index (χ1n) is 11.3. The summed E-state index contributed by atoms with van der Waals surface area (Å²) in [5.41, 5.74) is 4.24. The van der Waals surface area contributed by atoms with Gasteiger partial charge in [0.15, 0.2) is 5.65 Å². The average molecular weight is 420 g/mol. The van der Waals surface area contributed by atoms with Crippen LogP contribution in [-0.2, 0) is 25.9 Å². The van der Waals surface area contributed by atoms with Crippen molar-refractivity contribution in [3.8, 4) is 0 Å². The van der Waals surface area contributed by atoms with Gasteiger partial charge in [0, 0.05) is 44.8 Å². The Morgan fingerprint density at radius 1 is 1.19 bits per heavy atom. The maximum Gasteiger partial charge on any atom is 0.279 e. The predicted molar refractivity (Wildman–Crippen MR) is 119 cm³/mol. The van der Waals surface area contributed by atoms with Crippen molar-refractivity contribution >= 4 is 11.6 Å². The number of benzene rings is 1. The molecule has 1 fully saturated rings. The Bertz CT molecular complexity index is 1160. The van der Waals surface area contributed by atoms with Crippen molar-refractivity contribution < 1.29 is 4.79 Å². The molecule has 31 heavy (non-hydrogen) atoms. The monoisotopic (exact) mass is 419 g/mol. The fourth-order valence-corrected chi connectivity index (χ4v) is 5.13. The molecule has 0 radical (unpaired) electrons. The van der Waals surface area contributed by atoms with Crippen LogP contribution in [0.5, 0.6) is 0 Å². The molecule has 5 rings (SSSR count). The van der Waals surface area contributed by atoms with Crippen molar-refractivity contribution in [2.75, 3.05) is 19.6 Å². The third kappa shape index (κ3) is 3.57. The van der Waals surface area contributed by atoms with Gasteiger partial charge >= 0.3 is 0 Å². The zero-order chi connectivity index (χ0) is 21.4. The minimum Gasteiger partial charge on any atom is -0.338 e. The number of aryl methyl sites for hydroxylation is 1. The van der Waals surface area contributed by atoms with E-state index in [2.05, 4.69) is 46.2 Å². The number of hydrogen-bond acceptors (Lipinski definition) is 4. The fraction of sp³-hybridized carbons (Fsp3) is 0.458. The van der Waals surface area contributed by atoms with Crippen LogP contribution in [0.2, 0.25) is 0 Å². The number of nitrogens with zero attached hydrogens (tertiary/aromatic N) is 4. The van der Waals surface area contributed by atoms with Crippen molar-refractivity contribution in [2.24, 2.45) is 5.92 Å². The molecule has 2 aromatic heterocycles. The number of fused-ring (bicyclic) bond motifs is 2. The van der Waals surface area contributed by atoms with Crippen LogP contribution in [0.3, 0.4) is 0 Å². The van der Waals surface area contributed by atoms with Crippen molar-refractivity contribution in [2.45, 2.75) is 45.7 Å². The largest absolute Gasteiger partial charge is 0.338 e. The Balaban J connectivity index is 1.39. The number of likely N-dealkylation sites (tertiary alicyclic amines) is 1. The zero-order valence-corrected chi connectivity index (χ0v) is 18.0. The van der Waals surface area contributed by atoms with E-state index in [4.69, 9.17) is 0 Å². The predicted octanol–water partition coefficient (Wildman–Crippen LogP) is 2.26. The van der Waals surface area contributed by atoms with Crippen LogP contribution < -0.4 is 10.9 Å². The molecule has 3 aromatic rings. The maximum atomic E-state index is 13.4. The van der Waals surface area contributed by atoms with E-state index in [0.29, 0.717) is 30.2 Å². The quantitative estimate of drug-likeness (QED) is 0.704. The van der Waals surface area contributed by atoms with Crippen LogP contribution in [0.1, 0.15) is 46.9 Å². The first-order valence-corrected chi connectivity index (χ1v) is 11.3. The van der Waals surface area contributed by atoms with Gasteiger partial charge in [0.2, 0.25) is 0 Å². The van der Waals surface area contributed by atoms with Crippen LogP contribution in [0.25, 0.3) is 5.65 Å². The molecule has 162 valence electrons. The normalized spacial score (nSPS) is 17.1. The lowest BCUT2D eigenvalue weighted by Gasteiger charge is -2.32. The van der Waals surface area contributed by atoms with Crippen LogP contribution >= 0.6 is 0 Å². The second-order valence-electron chi connectivity index (χ2n) is 8.62. The van der Waals surface area contributed by atoms with E-state index in [1.165, 1.54) is 10.1 Å². The molecule has 7 heteroatoms. The lowest BCUT2D eigenvalue weighted by Crippen LogP contribution is -2.39. The number of piperidine rings is 1. The highest BCUT2D eigenvalue weighted by Gasteiger charge is 2.29. The molecular weight excluding hydrogens is 390 g/mol. The Kier molecular flexibility index (Phi) is 5.36. The minimum atomic E-state index is -0.109. The Labute approximate surface area is 181 Å². The minimum absolute atomic E-state index is 0.0105. The fourth-order valence-electron chi connectivity index (χ4n) is 5.13. The summed E-state index contributed by atoms with van der Waals surface area (Å²) >= 11 is 0. The molecule has 7 nitrogen and oxygen atoms in total. The van der Waals surface area contributed by atoms with Gasteiger partial charge in [-0.15, -0.1) is 0 Å². The van der Waals surface area contributed by atoms with Gasteiger partial charge in [0.25, 0.3) is 11.5 Å². The molecule has 0 atom stereocenters. The van der Waals surface area contributed by atoms with Crippen molar-refractivity contribution in [1.29, 1.82) is 0 Å². The van der Waals surface area contributed by atoms with Gasteiger partial charge in [-0.3, -0.25) is 9.59 Å². The number of nitrogens with one attached hydrogen (secondary N) is 1. The average Bonchev–Trinajstić information content (AvgIpc) is 3.26. The van der Waals surface area contributed by atoms with E-state index < -0.39 is 0 Å². The lowest BCUT2D eigenvalue weighted by atomic mass is 9.90. The highest BCUT2D eigenvalue weighted by Crippen LogP contribution is 2.24. The molecule has 1 saturated heterocycles. The molecule has 0 aliphatic carbocycles. The van der Waals surface area contributed by atoms with E-state index in [-0.39, 0.29) is 11.5 Å². The summed E-state index contributed by atoms with van der Waals surface area (Å²) in [6.45, 7) is 5.66. The molecule has 0 saturated carbocycles. The second-order valence-corrected chi connectivity index (χ2v) is 8.62. The van der Waals surface area contributed by atoms with Crippen molar-refractivity contribution in [3.05, 3.63) is 69.3 Å². The van der Waals surface area contributed by atoms with Gasteiger partial charge in [0.1, 0.15) is 5.56 Å². The highest BCUT2D eigenvalue weighted by molar-refractivity contribution is 5.99. The molecule has 1 amide bonds. The molecule has 2 aliphatic rings. The standard InChI is InChI=1S/C24H29N5O2/c1-2-28-21-8-11-25-15-19(21)24(31)29-22(28)20(16-26-29)23(30)27-12-9-18(10-13-27)14-17-6-4-3-5-7-17/h3-7,16,18,25H,2,8-15H2,1H3. The topological polar surface area (TPSA) is 71.6 Å². The first kappa shape index (κ1) is 20.0. The number of carbonyl (C=O) groups excluding carboxylic acids is 1. The van der Waals surface area contributed by atoms with Gasteiger partial charge in [0.05, 0.1) is 11.8 Å². The summed E-state index contributed by atoms with van der Waals surface area (Å²) in [6, 6.07) is 10.6. The van der Waals surface area contributed by atoms with E-state index in [1.54, 1.807) is 6.20 Å². The highest BCUT2D eigenvalue weighted by atomic mass is 16.2. The molecule has 0 spiro atoms. The number of aromatic nitrogens is 3. The summed E-state index contributed by atoms with van der Waals surface area (Å²) in [5.74, 6) is 0.590. The van der Waals surface area contributed by atoms with Crippen molar-refractivity contribution in [3.63, 3.8) is 0 Å². The summed E-state index contributed by atoms with van der Waals surface area (Å²) < 4.78 is 3.53. The van der Waals surface area contributed by atoms with Gasteiger partial charge in [-0.25, -0.2) is 0 Å². The molecule has 0 unspecified atom stereocenters. The summed E-state index contributed by atoms with van der Waals surface area (Å²) in [7, 11) is 0. The second kappa shape index (κ2) is 8.30. The zero-order valence-electron chi connectivity index (χ0n) is 18.0. The van der Waals surface area contributed by atoms with Crippen molar-refractivity contribution in [1.82, 2.24) is 24.4 Å². The number of rotatable bonds is 4. The van der Waals surface area contributed by atoms with Gasteiger partial charge in [-0.05, 0) is 37.7 Å². The van der Waals surface area contributed by atoms with Gasteiger partial charge < -0.3 is 14.8 Å². The Morgan fingerprint density at radius 2 is 1.97 bits per heavy atom. The van der Waals surface area contributed by atoms with Gasteiger partial charge in [-0.1, -0.05) is 30.3 Å². The molecule has 1 N–H and O–H groups in total. The third-order valence-corrected chi connectivity index (χ3v) is 6.78. The lowest BCUT2D eigenvalue weighted by molar-refractivity contribution is 0.0692. The van der Waals surface area contributed by atoms with E-state index in [0.717, 1.165) is 56.6 Å². The Morgan fingerprint density at radius 3 is 2.71 bits per heavy atom. The molecule has 1 aromatic carbocycles. The Hall–Kier alpha value is -2.93. The van der Waals surface area contributed by atoms with Crippen LogP contribution in [0.15, 0.2) is 41.3 Å². The van der Waals surface area contributed by atoms with Crippen LogP contribution in [0, 0.1) is 5.92 Å². The number of carbonyl (C=O) groups is 1. The maximum absolute atomic E-state index is 13.4. The summed E-state index contributed by atoms with van der Waals surface area (Å²) in [5, 5.41) is 7.60. The van der Waals surface area contributed by atoms with E-state index >= 15 is 0 Å². The van der Waals surface area contributed by atoms with E-state index in [1.807, 2.05) is 11.0 Å². The summed E-state index contributed by atoms with van der Waals surface area (Å²) in [6.07, 6.45) is 5.44. The summed E-state index contributed by atoms with van der Waals surface area (Å²) in [4.78, 5) is 28.4. The third-order valence-electron chi connectivity index (χ3n) is 6.78. The first-order chi connectivity index (χ1) is 15.2.